The van der Waals surface area contributed by atoms with Crippen LogP contribution in [0, 0.1) is 12.7 Å². The van der Waals surface area contributed by atoms with Gasteiger partial charge in [0.1, 0.15) is 17.7 Å². The number of aryl methyl sites for hydroxylation is 1. The number of para-hydroxylation sites is 1. The number of hydrogen-bond donors (Lipinski definition) is 3. The molecule has 0 bridgehead atoms. The number of fused-ring (bicyclic) bond motifs is 2. The van der Waals surface area contributed by atoms with Gasteiger partial charge in [0.25, 0.3) is 5.56 Å². The molecule has 2 aromatic carbocycles. The number of halogens is 1. The van der Waals surface area contributed by atoms with Gasteiger partial charge in [-0.1, -0.05) is 32.0 Å². The molecule has 1 unspecified atom stereocenters. The lowest BCUT2D eigenvalue weighted by Gasteiger charge is -2.21. The molecule has 5 aromatic rings. The van der Waals surface area contributed by atoms with Crippen molar-refractivity contribution in [2.45, 2.75) is 33.7 Å². The van der Waals surface area contributed by atoms with E-state index < -0.39 is 11.9 Å². The zero-order valence-electron chi connectivity index (χ0n) is 19.3. The summed E-state index contributed by atoms with van der Waals surface area (Å²) >= 11 is 0. The summed E-state index contributed by atoms with van der Waals surface area (Å²) in [4.78, 5) is 33.7. The van der Waals surface area contributed by atoms with Gasteiger partial charge in [0.2, 0.25) is 0 Å². The zero-order valence-corrected chi connectivity index (χ0v) is 19.3. The zero-order chi connectivity index (χ0) is 24.2. The fourth-order valence-corrected chi connectivity index (χ4v) is 3.67. The van der Waals surface area contributed by atoms with Crippen molar-refractivity contribution in [1.29, 1.82) is 0 Å². The molecule has 0 saturated heterocycles. The summed E-state index contributed by atoms with van der Waals surface area (Å²) in [5.74, 6) is 0.427. The van der Waals surface area contributed by atoms with Crippen molar-refractivity contribution < 1.29 is 4.39 Å². The van der Waals surface area contributed by atoms with E-state index in [1.807, 2.05) is 51.1 Å². The number of hydrogen-bond acceptors (Lipinski definition) is 7. The fraction of sp³-hybridized carbons (Fsp3) is 0.208. The number of benzene rings is 2. The van der Waals surface area contributed by atoms with Crippen molar-refractivity contribution in [1.82, 2.24) is 29.6 Å². The third kappa shape index (κ3) is 4.29. The standard InChI is InChI=1S/C22H19FN8O.C2H6/c1-12-8-14(23)9-16-17(12)22(32)31(30-15-6-4-3-5-7-15)21(29-16)13(2)28-20-18-19(25-10-24-18)26-11-27-20;1-2/h3-11,13,30H,1-2H3,(H2,24,25,26,27,28);1-2H3. The minimum Gasteiger partial charge on any atom is -0.358 e. The molecule has 34 heavy (non-hydrogen) atoms. The summed E-state index contributed by atoms with van der Waals surface area (Å²) in [5, 5.41) is 3.61. The van der Waals surface area contributed by atoms with Crippen LogP contribution in [0.5, 0.6) is 0 Å². The van der Waals surface area contributed by atoms with Crippen molar-refractivity contribution in [3.05, 3.63) is 82.7 Å². The quantitative estimate of drug-likeness (QED) is 0.352. The van der Waals surface area contributed by atoms with Crippen molar-refractivity contribution >= 4 is 33.6 Å². The van der Waals surface area contributed by atoms with Gasteiger partial charge in [-0.25, -0.2) is 29.0 Å². The van der Waals surface area contributed by atoms with Gasteiger partial charge >= 0.3 is 0 Å². The van der Waals surface area contributed by atoms with Crippen molar-refractivity contribution in [3.63, 3.8) is 0 Å². The molecule has 3 aromatic heterocycles. The molecule has 0 spiro atoms. The summed E-state index contributed by atoms with van der Waals surface area (Å²) in [5.41, 5.74) is 5.46. The average Bonchev–Trinajstić information content (AvgIpc) is 3.32. The first-order valence-electron chi connectivity index (χ1n) is 11.0. The lowest BCUT2D eigenvalue weighted by Crippen LogP contribution is -2.33. The van der Waals surface area contributed by atoms with Gasteiger partial charge in [-0.3, -0.25) is 10.2 Å². The van der Waals surface area contributed by atoms with Gasteiger partial charge in [-0.15, -0.1) is 0 Å². The van der Waals surface area contributed by atoms with Crippen LogP contribution >= 0.6 is 0 Å². The average molecular weight is 461 g/mol. The molecule has 0 aliphatic carbocycles. The first-order chi connectivity index (χ1) is 16.5. The van der Waals surface area contributed by atoms with E-state index in [1.54, 1.807) is 6.92 Å². The minimum absolute atomic E-state index is 0.289. The van der Waals surface area contributed by atoms with Gasteiger partial charge in [-0.05, 0) is 37.6 Å². The van der Waals surface area contributed by atoms with E-state index in [1.165, 1.54) is 29.5 Å². The number of aromatic nitrogens is 6. The number of rotatable bonds is 5. The Bertz CT molecular complexity index is 1500. The Morgan fingerprint density at radius 3 is 2.62 bits per heavy atom. The van der Waals surface area contributed by atoms with E-state index in [9.17, 15) is 9.18 Å². The predicted molar refractivity (Wildman–Crippen MR) is 131 cm³/mol. The Morgan fingerprint density at radius 1 is 1.09 bits per heavy atom. The molecular formula is C24H25FN8O. The predicted octanol–water partition coefficient (Wildman–Crippen LogP) is 4.58. The Labute approximate surface area is 195 Å². The third-order valence-electron chi connectivity index (χ3n) is 5.14. The van der Waals surface area contributed by atoms with Crippen LogP contribution in [-0.2, 0) is 0 Å². The highest BCUT2D eigenvalue weighted by Gasteiger charge is 2.20. The molecule has 9 nitrogen and oxygen atoms in total. The lowest BCUT2D eigenvalue weighted by molar-refractivity contribution is 0.627. The maximum Gasteiger partial charge on any atom is 0.280 e. The normalized spacial score (nSPS) is 11.7. The van der Waals surface area contributed by atoms with E-state index in [4.69, 9.17) is 0 Å². The van der Waals surface area contributed by atoms with Gasteiger partial charge in [0.05, 0.1) is 29.0 Å². The molecule has 0 fully saturated rings. The van der Waals surface area contributed by atoms with Crippen LogP contribution in [0.15, 0.2) is 59.9 Å². The van der Waals surface area contributed by atoms with E-state index in [2.05, 4.69) is 35.7 Å². The van der Waals surface area contributed by atoms with Crippen LogP contribution in [0.3, 0.4) is 0 Å². The van der Waals surface area contributed by atoms with Gasteiger partial charge in [0, 0.05) is 6.07 Å². The molecule has 174 valence electrons. The Morgan fingerprint density at radius 2 is 1.85 bits per heavy atom. The van der Waals surface area contributed by atoms with Crippen molar-refractivity contribution in [3.8, 4) is 0 Å². The number of aromatic amines is 1. The third-order valence-corrected chi connectivity index (χ3v) is 5.14. The van der Waals surface area contributed by atoms with Gasteiger partial charge < -0.3 is 10.3 Å². The van der Waals surface area contributed by atoms with Crippen LogP contribution in [0.1, 0.15) is 38.2 Å². The summed E-state index contributed by atoms with van der Waals surface area (Å²) in [6.45, 7) is 7.53. The van der Waals surface area contributed by atoms with Crippen LogP contribution in [-0.4, -0.2) is 29.6 Å². The highest BCUT2D eigenvalue weighted by molar-refractivity contribution is 5.83. The van der Waals surface area contributed by atoms with Crippen LogP contribution in [0.2, 0.25) is 0 Å². The highest BCUT2D eigenvalue weighted by Crippen LogP contribution is 2.23. The summed E-state index contributed by atoms with van der Waals surface area (Å²) in [6.07, 6.45) is 2.93. The largest absolute Gasteiger partial charge is 0.358 e. The molecule has 0 amide bonds. The number of anilines is 2. The van der Waals surface area contributed by atoms with Crippen molar-refractivity contribution in [2.75, 3.05) is 10.7 Å². The van der Waals surface area contributed by atoms with E-state index in [-0.39, 0.29) is 11.1 Å². The smallest absolute Gasteiger partial charge is 0.280 e. The minimum atomic E-state index is -0.478. The van der Waals surface area contributed by atoms with Crippen LogP contribution in [0.4, 0.5) is 15.9 Å². The summed E-state index contributed by atoms with van der Waals surface area (Å²) in [7, 11) is 0. The Balaban J connectivity index is 0.00000133. The topological polar surface area (TPSA) is 113 Å². The SMILES string of the molecule is CC.Cc1cc(F)cc2nc(C(C)Nc3ncnc4nc[nH]c34)n(Nc3ccccc3)c(=O)c12. The molecule has 0 aliphatic heterocycles. The summed E-state index contributed by atoms with van der Waals surface area (Å²) in [6, 6.07) is 11.4. The van der Waals surface area contributed by atoms with Gasteiger partial charge in [-0.2, -0.15) is 0 Å². The molecule has 5 rings (SSSR count). The molecule has 3 heterocycles. The number of nitrogens with zero attached hydrogens (tertiary/aromatic N) is 5. The van der Waals surface area contributed by atoms with Crippen molar-refractivity contribution in [2.24, 2.45) is 0 Å². The Hall–Kier alpha value is -4.34. The van der Waals surface area contributed by atoms with Gasteiger partial charge in [0.15, 0.2) is 17.3 Å². The highest BCUT2D eigenvalue weighted by atomic mass is 19.1. The van der Waals surface area contributed by atoms with Crippen LogP contribution < -0.4 is 16.3 Å². The molecule has 0 saturated carbocycles. The maximum absolute atomic E-state index is 14.1. The molecular weight excluding hydrogens is 435 g/mol. The van der Waals surface area contributed by atoms with E-state index in [0.29, 0.717) is 39.4 Å². The first kappa shape index (κ1) is 22.8. The van der Waals surface area contributed by atoms with E-state index >= 15 is 0 Å². The second-order valence-corrected chi connectivity index (χ2v) is 7.39. The number of imidazole rings is 1. The second-order valence-electron chi connectivity index (χ2n) is 7.39. The number of nitrogens with one attached hydrogen (secondary N) is 3. The number of H-pyrrole nitrogens is 1. The summed E-state index contributed by atoms with van der Waals surface area (Å²) < 4.78 is 15.5. The van der Waals surface area contributed by atoms with Crippen LogP contribution in [0.25, 0.3) is 22.1 Å². The molecule has 1 atom stereocenters. The maximum atomic E-state index is 14.1. The molecule has 0 radical (unpaired) electrons. The molecule has 0 aliphatic rings. The second kappa shape index (κ2) is 9.65. The fourth-order valence-electron chi connectivity index (χ4n) is 3.67. The lowest BCUT2D eigenvalue weighted by atomic mass is 10.1. The monoisotopic (exact) mass is 460 g/mol. The van der Waals surface area contributed by atoms with E-state index in [0.717, 1.165) is 0 Å². The Kier molecular flexibility index (Phi) is 6.48. The molecule has 3 N–H and O–H groups in total. The molecule has 10 heteroatoms. The first-order valence-corrected chi connectivity index (χ1v) is 11.0.